The predicted octanol–water partition coefficient (Wildman–Crippen LogP) is 1.39. The average Bonchev–Trinajstić information content (AvgIpc) is 2.47. The number of benzene rings is 1. The van der Waals surface area contributed by atoms with Gasteiger partial charge in [0.1, 0.15) is 0 Å². The zero-order valence-electron chi connectivity index (χ0n) is 11.6. The monoisotopic (exact) mass is 313 g/mol. The number of nitro groups is 1. The van der Waals surface area contributed by atoms with Gasteiger partial charge in [0.25, 0.3) is 5.69 Å². The molecule has 0 heterocycles. The molecular weight excluding hydrogens is 294 g/mol. The fraction of sp³-hybridized carbons (Fsp3) is 0.538. The number of nitro benzene ring substituents is 1. The summed E-state index contributed by atoms with van der Waals surface area (Å²) in [6, 6.07) is 5.56. The van der Waals surface area contributed by atoms with E-state index in [-0.39, 0.29) is 16.9 Å². The smallest absolute Gasteiger partial charge is 0.289 e. The highest BCUT2D eigenvalue weighted by Gasteiger charge is 2.26. The fourth-order valence-corrected chi connectivity index (χ4v) is 3.82. The second kappa shape index (κ2) is 6.50. The lowest BCUT2D eigenvalue weighted by molar-refractivity contribution is -0.387. The van der Waals surface area contributed by atoms with Crippen molar-refractivity contribution in [3.8, 4) is 0 Å². The molecule has 0 amide bonds. The quantitative estimate of drug-likeness (QED) is 0.629. The largest absolute Gasteiger partial charge is 0.328 e. The Balaban J connectivity index is 2.07. The third-order valence-corrected chi connectivity index (χ3v) is 5.28. The molecule has 7 nitrogen and oxygen atoms in total. The molecule has 1 fully saturated rings. The average molecular weight is 313 g/mol. The van der Waals surface area contributed by atoms with Crippen LogP contribution in [0.1, 0.15) is 25.7 Å². The lowest BCUT2D eigenvalue weighted by Crippen LogP contribution is -2.34. The Bertz CT molecular complexity index is 610. The van der Waals surface area contributed by atoms with Gasteiger partial charge in [0.2, 0.25) is 10.0 Å². The molecule has 1 saturated carbocycles. The summed E-state index contributed by atoms with van der Waals surface area (Å²) < 4.78 is 26.9. The lowest BCUT2D eigenvalue weighted by atomic mass is 9.87. The van der Waals surface area contributed by atoms with Crippen LogP contribution < -0.4 is 10.5 Å². The Morgan fingerprint density at radius 1 is 1.24 bits per heavy atom. The van der Waals surface area contributed by atoms with Gasteiger partial charge in [-0.1, -0.05) is 12.1 Å². The molecule has 1 aromatic carbocycles. The van der Waals surface area contributed by atoms with E-state index in [4.69, 9.17) is 5.73 Å². The molecule has 1 aromatic rings. The molecule has 21 heavy (non-hydrogen) atoms. The molecule has 0 bridgehead atoms. The number of para-hydroxylation sites is 1. The van der Waals surface area contributed by atoms with E-state index in [2.05, 4.69) is 4.72 Å². The summed E-state index contributed by atoms with van der Waals surface area (Å²) in [5, 5.41) is 10.9. The van der Waals surface area contributed by atoms with Gasteiger partial charge in [-0.15, -0.1) is 0 Å². The van der Waals surface area contributed by atoms with Crippen molar-refractivity contribution in [3.05, 3.63) is 34.4 Å². The van der Waals surface area contributed by atoms with Gasteiger partial charge in [0.15, 0.2) is 4.90 Å². The van der Waals surface area contributed by atoms with Gasteiger partial charge in [-0.2, -0.15) is 0 Å². The second-order valence-corrected chi connectivity index (χ2v) is 7.09. The fourth-order valence-electron chi connectivity index (χ4n) is 2.53. The Morgan fingerprint density at radius 3 is 2.48 bits per heavy atom. The Morgan fingerprint density at radius 2 is 1.86 bits per heavy atom. The summed E-state index contributed by atoms with van der Waals surface area (Å²) in [7, 11) is -3.87. The zero-order valence-corrected chi connectivity index (χ0v) is 12.4. The van der Waals surface area contributed by atoms with E-state index in [9.17, 15) is 18.5 Å². The third kappa shape index (κ3) is 3.99. The number of nitrogens with zero attached hydrogens (tertiary/aromatic N) is 1. The SMILES string of the molecule is NC1CCC(CNS(=O)(=O)c2ccccc2[N+](=O)[O-])CC1. The van der Waals surface area contributed by atoms with Crippen LogP contribution in [0.3, 0.4) is 0 Å². The van der Waals surface area contributed by atoms with Gasteiger partial charge in [0, 0.05) is 18.7 Å². The second-order valence-electron chi connectivity index (χ2n) is 5.36. The van der Waals surface area contributed by atoms with E-state index in [1.165, 1.54) is 24.3 Å². The van der Waals surface area contributed by atoms with E-state index in [1.54, 1.807) is 0 Å². The van der Waals surface area contributed by atoms with E-state index >= 15 is 0 Å². The first-order valence-electron chi connectivity index (χ1n) is 6.89. The molecule has 3 N–H and O–H groups in total. The van der Waals surface area contributed by atoms with Crippen LogP contribution in [0.5, 0.6) is 0 Å². The molecule has 1 aliphatic rings. The summed E-state index contributed by atoms with van der Waals surface area (Å²) in [5.74, 6) is 0.238. The molecule has 0 atom stereocenters. The number of nitrogens with two attached hydrogens (primary N) is 1. The molecule has 116 valence electrons. The van der Waals surface area contributed by atoms with Crippen molar-refractivity contribution in [2.24, 2.45) is 11.7 Å². The molecule has 0 saturated heterocycles. The summed E-state index contributed by atoms with van der Waals surface area (Å²) in [4.78, 5) is 9.93. The van der Waals surface area contributed by atoms with Crippen molar-refractivity contribution in [3.63, 3.8) is 0 Å². The van der Waals surface area contributed by atoms with Gasteiger partial charge < -0.3 is 5.73 Å². The van der Waals surface area contributed by atoms with Gasteiger partial charge in [0.05, 0.1) is 4.92 Å². The minimum Gasteiger partial charge on any atom is -0.328 e. The van der Waals surface area contributed by atoms with Gasteiger partial charge in [-0.3, -0.25) is 10.1 Å². The number of nitrogens with one attached hydrogen (secondary N) is 1. The van der Waals surface area contributed by atoms with Crippen molar-refractivity contribution in [1.82, 2.24) is 4.72 Å². The minimum atomic E-state index is -3.87. The maximum Gasteiger partial charge on any atom is 0.289 e. The van der Waals surface area contributed by atoms with Crippen LogP contribution in [0.2, 0.25) is 0 Å². The number of sulfonamides is 1. The first-order valence-corrected chi connectivity index (χ1v) is 8.37. The highest BCUT2D eigenvalue weighted by Crippen LogP contribution is 2.25. The van der Waals surface area contributed by atoms with Gasteiger partial charge in [-0.25, -0.2) is 13.1 Å². The van der Waals surface area contributed by atoms with Crippen LogP contribution in [0.25, 0.3) is 0 Å². The summed E-state index contributed by atoms with van der Waals surface area (Å²) in [6.45, 7) is 0.293. The highest BCUT2D eigenvalue weighted by molar-refractivity contribution is 7.89. The minimum absolute atomic E-state index is 0.202. The standard InChI is InChI=1S/C13H19N3O4S/c14-11-7-5-10(6-8-11)9-15-21(19,20)13-4-2-1-3-12(13)16(17)18/h1-4,10-11,15H,5-9,14H2. The summed E-state index contributed by atoms with van der Waals surface area (Å²) in [6.07, 6.45) is 3.52. The van der Waals surface area contributed by atoms with Crippen molar-refractivity contribution in [2.75, 3.05) is 6.54 Å². The molecule has 0 aromatic heterocycles. The maximum absolute atomic E-state index is 12.2. The van der Waals surface area contributed by atoms with E-state index < -0.39 is 20.6 Å². The van der Waals surface area contributed by atoms with Crippen LogP contribution in [0.15, 0.2) is 29.2 Å². The van der Waals surface area contributed by atoms with Crippen LogP contribution in [0, 0.1) is 16.0 Å². The van der Waals surface area contributed by atoms with Crippen molar-refractivity contribution in [2.45, 2.75) is 36.6 Å². The topological polar surface area (TPSA) is 115 Å². The molecule has 0 aliphatic heterocycles. The molecule has 0 unspecified atom stereocenters. The van der Waals surface area contributed by atoms with Crippen molar-refractivity contribution < 1.29 is 13.3 Å². The molecule has 0 spiro atoms. The van der Waals surface area contributed by atoms with E-state index in [0.29, 0.717) is 6.54 Å². The van der Waals surface area contributed by atoms with Gasteiger partial charge in [-0.05, 0) is 37.7 Å². The Labute approximate surface area is 123 Å². The van der Waals surface area contributed by atoms with Crippen LogP contribution in [0.4, 0.5) is 5.69 Å². The van der Waals surface area contributed by atoms with Crippen LogP contribution >= 0.6 is 0 Å². The molecule has 0 radical (unpaired) electrons. The molecule has 1 aliphatic carbocycles. The van der Waals surface area contributed by atoms with Crippen LogP contribution in [-0.4, -0.2) is 25.9 Å². The number of hydrogen-bond acceptors (Lipinski definition) is 5. The number of rotatable bonds is 5. The van der Waals surface area contributed by atoms with E-state index in [1.807, 2.05) is 0 Å². The normalized spacial score (nSPS) is 22.9. The third-order valence-electron chi connectivity index (χ3n) is 3.80. The predicted molar refractivity (Wildman–Crippen MR) is 78.2 cm³/mol. The number of hydrogen-bond donors (Lipinski definition) is 2. The van der Waals surface area contributed by atoms with Gasteiger partial charge >= 0.3 is 0 Å². The van der Waals surface area contributed by atoms with Crippen LogP contribution in [-0.2, 0) is 10.0 Å². The van der Waals surface area contributed by atoms with Crippen molar-refractivity contribution >= 4 is 15.7 Å². The Hall–Kier alpha value is -1.51. The molecule has 8 heteroatoms. The Kier molecular flexibility index (Phi) is 4.92. The van der Waals surface area contributed by atoms with E-state index in [0.717, 1.165) is 25.7 Å². The highest BCUT2D eigenvalue weighted by atomic mass is 32.2. The summed E-state index contributed by atoms with van der Waals surface area (Å²) >= 11 is 0. The zero-order chi connectivity index (χ0) is 15.5. The van der Waals surface area contributed by atoms with Crippen molar-refractivity contribution in [1.29, 1.82) is 0 Å². The molecular formula is C13H19N3O4S. The maximum atomic E-state index is 12.2. The summed E-state index contributed by atoms with van der Waals surface area (Å²) in [5.41, 5.74) is 5.40. The molecule has 2 rings (SSSR count). The first kappa shape index (κ1) is 15.9. The lowest BCUT2D eigenvalue weighted by Gasteiger charge is -2.26. The first-order chi connectivity index (χ1) is 9.90.